The van der Waals surface area contributed by atoms with E-state index in [1.54, 1.807) is 0 Å². The highest BCUT2D eigenvalue weighted by Crippen LogP contribution is 2.13. The predicted molar refractivity (Wildman–Crippen MR) is 120 cm³/mol. The van der Waals surface area contributed by atoms with Gasteiger partial charge in [-0.05, 0) is 35.2 Å². The molecule has 0 fully saturated rings. The van der Waals surface area contributed by atoms with E-state index in [4.69, 9.17) is 20.1 Å². The largest absolute Gasteiger partial charge is 0.488 e. The summed E-state index contributed by atoms with van der Waals surface area (Å²) in [6.45, 7) is -0.369. The Hall–Kier alpha value is -2.48. The van der Waals surface area contributed by atoms with Crippen molar-refractivity contribution in [2.45, 2.75) is 0 Å². The third kappa shape index (κ3) is 7.58. The smallest absolute Gasteiger partial charge is 0.423 e. The third-order valence-corrected chi connectivity index (χ3v) is 4.48. The summed E-state index contributed by atoms with van der Waals surface area (Å²) in [7, 11) is -3.71. The SMILES string of the molecule is O=C(CN(CCS)CC(=O)Nc1ccc(B(O)O)cc1F)Nc1ccc(B(O)O)cc1F. The fourth-order valence-corrected chi connectivity index (χ4v) is 3.01. The number of nitrogens with one attached hydrogen (secondary N) is 2. The van der Waals surface area contributed by atoms with E-state index < -0.39 is 37.7 Å². The van der Waals surface area contributed by atoms with Crippen molar-refractivity contribution in [2.75, 3.05) is 36.0 Å². The van der Waals surface area contributed by atoms with Crippen LogP contribution in [0.1, 0.15) is 0 Å². The monoisotopic (exact) mass is 467 g/mol. The third-order valence-electron chi connectivity index (χ3n) is 4.28. The van der Waals surface area contributed by atoms with Crippen LogP contribution in [0.5, 0.6) is 0 Å². The number of nitrogens with zero attached hydrogens (tertiary/aromatic N) is 1. The highest BCUT2D eigenvalue weighted by molar-refractivity contribution is 7.80. The van der Waals surface area contributed by atoms with E-state index in [2.05, 4.69) is 23.3 Å². The number of thiol groups is 1. The maximum atomic E-state index is 14.0. The molecule has 0 aliphatic rings. The summed E-state index contributed by atoms with van der Waals surface area (Å²) in [5.74, 6) is -2.70. The minimum Gasteiger partial charge on any atom is -0.423 e. The lowest BCUT2D eigenvalue weighted by atomic mass is 9.80. The van der Waals surface area contributed by atoms with E-state index in [0.717, 1.165) is 12.1 Å². The van der Waals surface area contributed by atoms with Crippen LogP contribution in [0.3, 0.4) is 0 Å². The lowest BCUT2D eigenvalue weighted by Gasteiger charge is -2.20. The molecule has 9 nitrogen and oxygen atoms in total. The molecule has 0 atom stereocenters. The summed E-state index contributed by atoms with van der Waals surface area (Å²) < 4.78 is 28.1. The quantitative estimate of drug-likeness (QED) is 0.161. The molecule has 0 bridgehead atoms. The first-order valence-corrected chi connectivity index (χ1v) is 9.98. The maximum absolute atomic E-state index is 14.0. The fourth-order valence-electron chi connectivity index (χ4n) is 2.73. The molecule has 0 radical (unpaired) electrons. The average Bonchev–Trinajstić information content (AvgIpc) is 2.70. The van der Waals surface area contributed by atoms with Crippen molar-refractivity contribution in [3.8, 4) is 0 Å². The molecular formula is C18H21B2F2N3O6S. The number of hydrogen-bond donors (Lipinski definition) is 7. The van der Waals surface area contributed by atoms with E-state index in [0.29, 0.717) is 5.75 Å². The molecule has 0 aliphatic carbocycles. The normalized spacial score (nSPS) is 10.8. The molecule has 0 unspecified atom stereocenters. The average molecular weight is 467 g/mol. The predicted octanol–water partition coefficient (Wildman–Crippen LogP) is -1.87. The zero-order chi connectivity index (χ0) is 23.8. The first kappa shape index (κ1) is 25.8. The van der Waals surface area contributed by atoms with Crippen LogP contribution < -0.4 is 21.6 Å². The molecule has 0 saturated carbocycles. The fraction of sp³-hybridized carbons (Fsp3) is 0.222. The number of benzene rings is 2. The molecule has 170 valence electrons. The molecule has 2 amide bonds. The molecule has 6 N–H and O–H groups in total. The highest BCUT2D eigenvalue weighted by atomic mass is 32.1. The summed E-state index contributed by atoms with van der Waals surface area (Å²) in [6, 6.07) is 6.56. The van der Waals surface area contributed by atoms with Crippen molar-refractivity contribution in [3.05, 3.63) is 48.0 Å². The van der Waals surface area contributed by atoms with Gasteiger partial charge in [-0.1, -0.05) is 12.1 Å². The number of carbonyl (C=O) groups excluding carboxylic acids is 2. The zero-order valence-corrected chi connectivity index (χ0v) is 17.6. The summed E-state index contributed by atoms with van der Waals surface area (Å²) in [5, 5.41) is 40.9. The van der Waals surface area contributed by atoms with Gasteiger partial charge in [0.2, 0.25) is 11.8 Å². The lowest BCUT2D eigenvalue weighted by Crippen LogP contribution is -2.40. The molecule has 0 heterocycles. The minimum atomic E-state index is -1.85. The van der Waals surface area contributed by atoms with Crippen molar-refractivity contribution in [2.24, 2.45) is 0 Å². The number of amides is 2. The second kappa shape index (κ2) is 11.9. The Morgan fingerprint density at radius 2 is 1.25 bits per heavy atom. The van der Waals surface area contributed by atoms with Crippen LogP contribution in [-0.2, 0) is 9.59 Å². The van der Waals surface area contributed by atoms with Crippen molar-refractivity contribution in [3.63, 3.8) is 0 Å². The molecule has 0 aliphatic heterocycles. The summed E-state index contributed by atoms with van der Waals surface area (Å²) in [6.07, 6.45) is 0. The van der Waals surface area contributed by atoms with Crippen molar-refractivity contribution in [1.29, 1.82) is 0 Å². The Balaban J connectivity index is 1.98. The maximum Gasteiger partial charge on any atom is 0.488 e. The molecule has 2 aromatic rings. The highest BCUT2D eigenvalue weighted by Gasteiger charge is 2.19. The van der Waals surface area contributed by atoms with E-state index in [1.165, 1.54) is 29.2 Å². The Kier molecular flexibility index (Phi) is 9.62. The number of rotatable bonds is 10. The van der Waals surface area contributed by atoms with E-state index in [-0.39, 0.29) is 41.9 Å². The molecule has 32 heavy (non-hydrogen) atoms. The Labute approximate surface area is 188 Å². The van der Waals surface area contributed by atoms with Gasteiger partial charge >= 0.3 is 14.2 Å². The van der Waals surface area contributed by atoms with E-state index in [1.807, 2.05) is 0 Å². The van der Waals surface area contributed by atoms with Gasteiger partial charge in [-0.3, -0.25) is 14.5 Å². The Bertz CT molecular complexity index is 897. The topological polar surface area (TPSA) is 142 Å². The standard InChI is InChI=1S/C18H21B2F2N3O6S/c21-13-7-11(19(28)29)1-3-15(13)23-17(26)9-25(5-6-32)10-18(27)24-16-4-2-12(20(30)31)8-14(16)22/h1-4,7-8,28-32H,5-6,9-10H2,(H,23,26)(H,24,27). The molecule has 2 aromatic carbocycles. The van der Waals surface area contributed by atoms with Crippen LogP contribution in [0.25, 0.3) is 0 Å². The van der Waals surface area contributed by atoms with Crippen molar-refractivity contribution < 1.29 is 38.5 Å². The van der Waals surface area contributed by atoms with Gasteiger partial charge in [-0.25, -0.2) is 8.78 Å². The first-order chi connectivity index (χ1) is 15.1. The number of anilines is 2. The molecule has 14 heteroatoms. The van der Waals surface area contributed by atoms with Gasteiger partial charge < -0.3 is 30.7 Å². The van der Waals surface area contributed by atoms with Gasteiger partial charge in [0.15, 0.2) is 0 Å². The summed E-state index contributed by atoms with van der Waals surface area (Å²) >= 11 is 4.08. The summed E-state index contributed by atoms with van der Waals surface area (Å²) in [5.41, 5.74) is -0.518. The number of halogens is 2. The van der Waals surface area contributed by atoms with Crippen LogP contribution in [0.2, 0.25) is 0 Å². The van der Waals surface area contributed by atoms with Crippen LogP contribution in [0.15, 0.2) is 36.4 Å². The van der Waals surface area contributed by atoms with Crippen LogP contribution >= 0.6 is 12.6 Å². The second-order valence-corrected chi connectivity index (χ2v) is 7.20. The Morgan fingerprint density at radius 3 is 1.56 bits per heavy atom. The van der Waals surface area contributed by atoms with Crippen molar-refractivity contribution in [1.82, 2.24) is 4.90 Å². The van der Waals surface area contributed by atoms with Crippen LogP contribution in [-0.4, -0.2) is 76.4 Å². The molecular weight excluding hydrogens is 446 g/mol. The molecule has 2 rings (SSSR count). The van der Waals surface area contributed by atoms with Crippen molar-refractivity contribution >= 4 is 61.0 Å². The molecule has 0 saturated heterocycles. The van der Waals surface area contributed by atoms with Gasteiger partial charge in [0, 0.05) is 12.3 Å². The van der Waals surface area contributed by atoms with E-state index in [9.17, 15) is 18.4 Å². The summed E-state index contributed by atoms with van der Waals surface area (Å²) in [4.78, 5) is 26.0. The van der Waals surface area contributed by atoms with E-state index >= 15 is 0 Å². The second-order valence-electron chi connectivity index (χ2n) is 6.76. The lowest BCUT2D eigenvalue weighted by molar-refractivity contribution is -0.119. The minimum absolute atomic E-state index is 0.0809. The number of hydrogen-bond acceptors (Lipinski definition) is 8. The molecule has 0 spiro atoms. The van der Waals surface area contributed by atoms with Gasteiger partial charge in [-0.2, -0.15) is 12.6 Å². The van der Waals surface area contributed by atoms with Gasteiger partial charge in [0.1, 0.15) is 11.6 Å². The Morgan fingerprint density at radius 1 is 0.844 bits per heavy atom. The molecule has 0 aromatic heterocycles. The zero-order valence-electron chi connectivity index (χ0n) is 16.7. The van der Waals surface area contributed by atoms with Gasteiger partial charge in [0.25, 0.3) is 0 Å². The number of carbonyl (C=O) groups is 2. The van der Waals surface area contributed by atoms with Gasteiger partial charge in [0.05, 0.1) is 24.5 Å². The first-order valence-electron chi connectivity index (χ1n) is 9.34. The van der Waals surface area contributed by atoms with Crippen LogP contribution in [0, 0.1) is 11.6 Å². The van der Waals surface area contributed by atoms with Gasteiger partial charge in [-0.15, -0.1) is 0 Å². The van der Waals surface area contributed by atoms with Crippen LogP contribution in [0.4, 0.5) is 20.2 Å².